The zero-order chi connectivity index (χ0) is 15.7. The summed E-state index contributed by atoms with van der Waals surface area (Å²) in [6.07, 6.45) is 0.267. The average molecular weight is 284 g/mol. The van der Waals surface area contributed by atoms with Crippen LogP contribution in [0, 0.1) is 5.92 Å². The van der Waals surface area contributed by atoms with E-state index in [1.807, 2.05) is 27.7 Å². The zero-order valence-electron chi connectivity index (χ0n) is 13.0. The van der Waals surface area contributed by atoms with E-state index in [9.17, 15) is 14.4 Å². The molecule has 0 aliphatic carbocycles. The van der Waals surface area contributed by atoms with Gasteiger partial charge in [0.15, 0.2) is 0 Å². The number of hydrogen-bond donors (Lipinski definition) is 1. The standard InChI is InChI=1S/C14H24N2O4/c1-8-7-10(17)16(9(2)13(19)20-6)11(8)12(18)15-14(3,4)5/h8-9,11H,7H2,1-6H3,(H,15,18)/t8?,9?,11-/m1/s1. The third-order valence-corrected chi connectivity index (χ3v) is 3.35. The third kappa shape index (κ3) is 3.49. The molecule has 0 aromatic heterocycles. The lowest BCUT2D eigenvalue weighted by molar-refractivity contribution is -0.153. The maximum Gasteiger partial charge on any atom is 0.328 e. The number of hydrogen-bond acceptors (Lipinski definition) is 4. The van der Waals surface area contributed by atoms with E-state index in [2.05, 4.69) is 10.1 Å². The smallest absolute Gasteiger partial charge is 0.328 e. The van der Waals surface area contributed by atoms with Gasteiger partial charge in [-0.3, -0.25) is 9.59 Å². The molecule has 114 valence electrons. The Morgan fingerprint density at radius 1 is 1.40 bits per heavy atom. The number of esters is 1. The predicted molar refractivity (Wildman–Crippen MR) is 73.8 cm³/mol. The van der Waals surface area contributed by atoms with Gasteiger partial charge in [-0.1, -0.05) is 6.92 Å². The summed E-state index contributed by atoms with van der Waals surface area (Å²) in [5, 5.41) is 2.87. The van der Waals surface area contributed by atoms with E-state index >= 15 is 0 Å². The molecule has 1 fully saturated rings. The summed E-state index contributed by atoms with van der Waals surface area (Å²) >= 11 is 0. The van der Waals surface area contributed by atoms with Crippen molar-refractivity contribution < 1.29 is 19.1 Å². The molecule has 3 atom stereocenters. The van der Waals surface area contributed by atoms with E-state index in [4.69, 9.17) is 0 Å². The van der Waals surface area contributed by atoms with E-state index in [1.165, 1.54) is 12.0 Å². The molecule has 0 saturated carbocycles. The van der Waals surface area contributed by atoms with Crippen LogP contribution in [0.15, 0.2) is 0 Å². The molecular formula is C14H24N2O4. The number of rotatable bonds is 3. The molecule has 2 unspecified atom stereocenters. The molecule has 6 nitrogen and oxygen atoms in total. The molecule has 0 aromatic carbocycles. The second-order valence-corrected chi connectivity index (χ2v) is 6.37. The first kappa shape index (κ1) is 16.5. The van der Waals surface area contributed by atoms with Gasteiger partial charge < -0.3 is 15.0 Å². The minimum absolute atomic E-state index is 0.128. The van der Waals surface area contributed by atoms with Gasteiger partial charge in [-0.15, -0.1) is 0 Å². The summed E-state index contributed by atoms with van der Waals surface area (Å²) in [7, 11) is 1.27. The highest BCUT2D eigenvalue weighted by atomic mass is 16.5. The molecule has 1 saturated heterocycles. The minimum atomic E-state index is -0.756. The van der Waals surface area contributed by atoms with Crippen molar-refractivity contribution in [3.05, 3.63) is 0 Å². The Kier molecular flexibility index (Phi) is 4.78. The van der Waals surface area contributed by atoms with E-state index in [1.54, 1.807) is 6.92 Å². The van der Waals surface area contributed by atoms with Crippen LogP contribution in [0.4, 0.5) is 0 Å². The predicted octanol–water partition coefficient (Wildman–Crippen LogP) is 0.700. The van der Waals surface area contributed by atoms with Gasteiger partial charge in [0.1, 0.15) is 12.1 Å². The summed E-state index contributed by atoms with van der Waals surface area (Å²) < 4.78 is 4.67. The minimum Gasteiger partial charge on any atom is -0.467 e. The quantitative estimate of drug-likeness (QED) is 0.774. The lowest BCUT2D eigenvalue weighted by Crippen LogP contribution is -2.55. The largest absolute Gasteiger partial charge is 0.467 e. The fraction of sp³-hybridized carbons (Fsp3) is 0.786. The fourth-order valence-corrected chi connectivity index (χ4v) is 2.49. The van der Waals surface area contributed by atoms with Gasteiger partial charge >= 0.3 is 5.97 Å². The van der Waals surface area contributed by atoms with Crippen molar-refractivity contribution in [2.45, 2.75) is 58.7 Å². The number of carbonyl (C=O) groups excluding carboxylic acids is 3. The third-order valence-electron chi connectivity index (χ3n) is 3.35. The number of methoxy groups -OCH3 is 1. The Morgan fingerprint density at radius 3 is 2.40 bits per heavy atom. The van der Waals surface area contributed by atoms with Crippen LogP contribution in [0.25, 0.3) is 0 Å². The lowest BCUT2D eigenvalue weighted by Gasteiger charge is -2.32. The number of carbonyl (C=O) groups is 3. The van der Waals surface area contributed by atoms with Gasteiger partial charge in [0.25, 0.3) is 0 Å². The van der Waals surface area contributed by atoms with Gasteiger partial charge in [-0.25, -0.2) is 4.79 Å². The molecular weight excluding hydrogens is 260 g/mol. The monoisotopic (exact) mass is 284 g/mol. The van der Waals surface area contributed by atoms with Crippen LogP contribution in [0.1, 0.15) is 41.0 Å². The lowest BCUT2D eigenvalue weighted by atomic mass is 9.99. The van der Waals surface area contributed by atoms with Gasteiger partial charge in [0.2, 0.25) is 11.8 Å². The highest BCUT2D eigenvalue weighted by Gasteiger charge is 2.46. The molecule has 2 amide bonds. The zero-order valence-corrected chi connectivity index (χ0v) is 13.0. The molecule has 1 heterocycles. The fourth-order valence-electron chi connectivity index (χ4n) is 2.49. The molecule has 0 spiro atoms. The normalized spacial score (nSPS) is 24.5. The summed E-state index contributed by atoms with van der Waals surface area (Å²) in [6.45, 7) is 9.05. The van der Waals surface area contributed by atoms with Crippen LogP contribution in [0.5, 0.6) is 0 Å². The Morgan fingerprint density at radius 2 is 1.95 bits per heavy atom. The summed E-state index contributed by atoms with van der Waals surface area (Å²) in [4.78, 5) is 37.5. The Labute approximate surface area is 119 Å². The second kappa shape index (κ2) is 5.81. The van der Waals surface area contributed by atoms with Crippen molar-refractivity contribution in [2.24, 2.45) is 5.92 Å². The van der Waals surface area contributed by atoms with Crippen molar-refractivity contribution in [3.63, 3.8) is 0 Å². The number of nitrogens with one attached hydrogen (secondary N) is 1. The van der Waals surface area contributed by atoms with Crippen molar-refractivity contribution >= 4 is 17.8 Å². The van der Waals surface area contributed by atoms with Gasteiger partial charge in [0, 0.05) is 12.0 Å². The SMILES string of the molecule is COC(=O)C(C)N1C(=O)CC(C)[C@@H]1C(=O)NC(C)(C)C. The Bertz CT molecular complexity index is 414. The molecule has 1 aliphatic heterocycles. The molecule has 20 heavy (non-hydrogen) atoms. The second-order valence-electron chi connectivity index (χ2n) is 6.37. The maximum atomic E-state index is 12.4. The van der Waals surface area contributed by atoms with Crippen molar-refractivity contribution in [3.8, 4) is 0 Å². The number of likely N-dealkylation sites (tertiary alicyclic amines) is 1. The van der Waals surface area contributed by atoms with E-state index in [-0.39, 0.29) is 29.7 Å². The Balaban J connectivity index is 2.98. The molecule has 0 bridgehead atoms. The highest BCUT2D eigenvalue weighted by molar-refractivity contribution is 5.94. The van der Waals surface area contributed by atoms with Crippen molar-refractivity contribution in [1.29, 1.82) is 0 Å². The summed E-state index contributed by atoms with van der Waals surface area (Å²) in [5.41, 5.74) is -0.386. The van der Waals surface area contributed by atoms with E-state index < -0.39 is 18.1 Å². The van der Waals surface area contributed by atoms with Crippen LogP contribution in [0.3, 0.4) is 0 Å². The summed E-state index contributed by atoms with van der Waals surface area (Å²) in [5.74, 6) is -1.06. The Hall–Kier alpha value is -1.59. The van der Waals surface area contributed by atoms with Crippen molar-refractivity contribution in [1.82, 2.24) is 10.2 Å². The summed E-state index contributed by atoms with van der Waals surface area (Å²) in [6, 6.07) is -1.39. The molecule has 0 aromatic rings. The molecule has 1 aliphatic rings. The average Bonchev–Trinajstić information content (AvgIpc) is 2.59. The molecule has 0 radical (unpaired) electrons. The number of nitrogens with zero attached hydrogens (tertiary/aromatic N) is 1. The number of ether oxygens (including phenoxy) is 1. The van der Waals surface area contributed by atoms with E-state index in [0.717, 1.165) is 0 Å². The van der Waals surface area contributed by atoms with Gasteiger partial charge in [-0.2, -0.15) is 0 Å². The van der Waals surface area contributed by atoms with Crippen LogP contribution in [-0.4, -0.2) is 47.4 Å². The van der Waals surface area contributed by atoms with Crippen LogP contribution < -0.4 is 5.32 Å². The van der Waals surface area contributed by atoms with Crippen LogP contribution >= 0.6 is 0 Å². The van der Waals surface area contributed by atoms with Crippen LogP contribution in [0.2, 0.25) is 0 Å². The first-order valence-corrected chi connectivity index (χ1v) is 6.79. The van der Waals surface area contributed by atoms with Gasteiger partial charge in [-0.05, 0) is 33.6 Å². The van der Waals surface area contributed by atoms with Gasteiger partial charge in [0.05, 0.1) is 7.11 Å². The first-order valence-electron chi connectivity index (χ1n) is 6.79. The molecule has 1 N–H and O–H groups in total. The highest BCUT2D eigenvalue weighted by Crippen LogP contribution is 2.28. The molecule has 1 rings (SSSR count). The number of amides is 2. The topological polar surface area (TPSA) is 75.7 Å². The maximum absolute atomic E-state index is 12.4. The van der Waals surface area contributed by atoms with E-state index in [0.29, 0.717) is 0 Å². The van der Waals surface area contributed by atoms with Crippen molar-refractivity contribution in [2.75, 3.05) is 7.11 Å². The first-order chi connectivity index (χ1) is 9.08. The molecule has 6 heteroatoms. The van der Waals surface area contributed by atoms with Crippen LogP contribution in [-0.2, 0) is 19.1 Å².